The SMILES string of the molecule is O=C(C1CCC(NC2CCOCC2)C1)N1CCc2ncc(C(F)(F)F)cc2C1. The standard InChI is InChI=1S/C20H26F3N3O2/c21-20(22,23)15-9-14-12-26(6-3-18(14)24-11-15)19(27)13-1-2-17(10-13)25-16-4-7-28-8-5-16/h9,11,13,16-17,25H,1-8,10,12H2. The lowest BCUT2D eigenvalue weighted by Crippen LogP contribution is -2.42. The van der Waals surface area contributed by atoms with Gasteiger partial charge in [0.15, 0.2) is 0 Å². The first-order valence-electron chi connectivity index (χ1n) is 10.1. The van der Waals surface area contributed by atoms with E-state index in [4.69, 9.17) is 4.74 Å². The number of alkyl halides is 3. The number of halogens is 3. The summed E-state index contributed by atoms with van der Waals surface area (Å²) in [5.41, 5.74) is 0.439. The molecule has 0 spiro atoms. The fraction of sp³-hybridized carbons (Fsp3) is 0.700. The van der Waals surface area contributed by atoms with Gasteiger partial charge in [0.2, 0.25) is 5.91 Å². The molecule has 1 saturated carbocycles. The number of ether oxygens (including phenoxy) is 1. The van der Waals surface area contributed by atoms with Crippen LogP contribution in [0.1, 0.15) is 48.9 Å². The van der Waals surface area contributed by atoms with Crippen LogP contribution in [-0.4, -0.2) is 47.6 Å². The van der Waals surface area contributed by atoms with Crippen molar-refractivity contribution in [2.24, 2.45) is 5.92 Å². The minimum atomic E-state index is -4.41. The molecule has 2 atom stereocenters. The summed E-state index contributed by atoms with van der Waals surface area (Å²) in [4.78, 5) is 18.7. The average molecular weight is 397 g/mol. The second-order valence-corrected chi connectivity index (χ2v) is 8.10. The van der Waals surface area contributed by atoms with E-state index in [1.807, 2.05) is 0 Å². The third kappa shape index (κ3) is 4.33. The van der Waals surface area contributed by atoms with Gasteiger partial charge in [-0.25, -0.2) is 0 Å². The Kier molecular flexibility index (Phi) is 5.60. The predicted molar refractivity (Wildman–Crippen MR) is 96.5 cm³/mol. The molecule has 1 N–H and O–H groups in total. The fourth-order valence-electron chi connectivity index (χ4n) is 4.58. The molecular formula is C20H26F3N3O2. The van der Waals surface area contributed by atoms with Gasteiger partial charge in [0, 0.05) is 62.6 Å². The van der Waals surface area contributed by atoms with Gasteiger partial charge in [-0.2, -0.15) is 13.2 Å². The monoisotopic (exact) mass is 397 g/mol. The lowest BCUT2D eigenvalue weighted by Gasteiger charge is -2.31. The van der Waals surface area contributed by atoms with E-state index in [1.54, 1.807) is 4.90 Å². The molecule has 1 aliphatic carbocycles. The number of nitrogens with one attached hydrogen (secondary N) is 1. The van der Waals surface area contributed by atoms with Crippen LogP contribution < -0.4 is 5.32 Å². The lowest BCUT2D eigenvalue weighted by atomic mass is 10.00. The highest BCUT2D eigenvalue weighted by Gasteiger charge is 2.36. The number of carbonyl (C=O) groups excluding carboxylic acids is 1. The number of carbonyl (C=O) groups is 1. The Morgan fingerprint density at radius 2 is 1.96 bits per heavy atom. The molecule has 2 fully saturated rings. The van der Waals surface area contributed by atoms with Gasteiger partial charge < -0.3 is 15.0 Å². The Morgan fingerprint density at radius 1 is 1.18 bits per heavy atom. The first-order valence-corrected chi connectivity index (χ1v) is 10.1. The number of amides is 1. The number of pyridine rings is 1. The van der Waals surface area contributed by atoms with E-state index in [-0.39, 0.29) is 18.4 Å². The number of aromatic nitrogens is 1. The van der Waals surface area contributed by atoms with E-state index in [1.165, 1.54) is 0 Å². The van der Waals surface area contributed by atoms with Crippen molar-refractivity contribution in [2.75, 3.05) is 19.8 Å². The van der Waals surface area contributed by atoms with Crippen LogP contribution >= 0.6 is 0 Å². The summed E-state index contributed by atoms with van der Waals surface area (Å²) in [6.45, 7) is 2.32. The number of nitrogens with zero attached hydrogens (tertiary/aromatic N) is 2. The minimum absolute atomic E-state index is 0.0438. The third-order valence-electron chi connectivity index (χ3n) is 6.15. The van der Waals surface area contributed by atoms with Crippen LogP contribution in [0.25, 0.3) is 0 Å². The summed E-state index contributed by atoms with van der Waals surface area (Å²) in [6, 6.07) is 1.94. The molecule has 2 unspecified atom stereocenters. The molecule has 1 saturated heterocycles. The normalized spacial score (nSPS) is 26.3. The number of rotatable bonds is 3. The largest absolute Gasteiger partial charge is 0.417 e. The molecule has 1 aromatic rings. The Balaban J connectivity index is 1.36. The van der Waals surface area contributed by atoms with Crippen molar-refractivity contribution in [1.82, 2.24) is 15.2 Å². The molecule has 2 aliphatic heterocycles. The Hall–Kier alpha value is -1.67. The summed E-state index contributed by atoms with van der Waals surface area (Å²) in [5.74, 6) is 0.0250. The van der Waals surface area contributed by atoms with Gasteiger partial charge in [-0.05, 0) is 43.7 Å². The topological polar surface area (TPSA) is 54.5 Å². The molecule has 4 rings (SSSR count). The van der Waals surface area contributed by atoms with E-state index in [2.05, 4.69) is 10.3 Å². The van der Waals surface area contributed by atoms with E-state index in [0.29, 0.717) is 36.3 Å². The zero-order valence-electron chi connectivity index (χ0n) is 15.8. The van der Waals surface area contributed by atoms with Crippen molar-refractivity contribution in [3.63, 3.8) is 0 Å². The van der Waals surface area contributed by atoms with Gasteiger partial charge in [-0.1, -0.05) is 0 Å². The zero-order chi connectivity index (χ0) is 19.7. The van der Waals surface area contributed by atoms with E-state index in [9.17, 15) is 18.0 Å². The molecule has 1 aromatic heterocycles. The number of hydrogen-bond acceptors (Lipinski definition) is 4. The molecule has 0 bridgehead atoms. The van der Waals surface area contributed by atoms with Crippen molar-refractivity contribution in [1.29, 1.82) is 0 Å². The van der Waals surface area contributed by atoms with Crippen LogP contribution in [0.5, 0.6) is 0 Å². The van der Waals surface area contributed by atoms with Crippen molar-refractivity contribution < 1.29 is 22.7 Å². The van der Waals surface area contributed by atoms with Gasteiger partial charge in [-0.15, -0.1) is 0 Å². The van der Waals surface area contributed by atoms with Crippen molar-refractivity contribution >= 4 is 5.91 Å². The second-order valence-electron chi connectivity index (χ2n) is 8.10. The van der Waals surface area contributed by atoms with Gasteiger partial charge in [0.25, 0.3) is 0 Å². The minimum Gasteiger partial charge on any atom is -0.381 e. The summed E-state index contributed by atoms with van der Waals surface area (Å²) in [7, 11) is 0. The molecule has 3 aliphatic rings. The molecule has 0 aromatic carbocycles. The Bertz CT molecular complexity index is 719. The molecule has 1 amide bonds. The fourth-order valence-corrected chi connectivity index (χ4v) is 4.58. The molecule has 28 heavy (non-hydrogen) atoms. The molecule has 3 heterocycles. The highest BCUT2D eigenvalue weighted by Crippen LogP contribution is 2.33. The van der Waals surface area contributed by atoms with Crippen molar-refractivity contribution in [3.8, 4) is 0 Å². The highest BCUT2D eigenvalue weighted by atomic mass is 19.4. The zero-order valence-corrected chi connectivity index (χ0v) is 15.8. The van der Waals surface area contributed by atoms with E-state index >= 15 is 0 Å². The van der Waals surface area contributed by atoms with Crippen LogP contribution in [0.2, 0.25) is 0 Å². The quantitative estimate of drug-likeness (QED) is 0.852. The van der Waals surface area contributed by atoms with E-state index in [0.717, 1.165) is 57.6 Å². The van der Waals surface area contributed by atoms with Crippen LogP contribution in [0.15, 0.2) is 12.3 Å². The highest BCUT2D eigenvalue weighted by molar-refractivity contribution is 5.79. The lowest BCUT2D eigenvalue weighted by molar-refractivity contribution is -0.137. The van der Waals surface area contributed by atoms with Gasteiger partial charge in [0.05, 0.1) is 5.56 Å². The van der Waals surface area contributed by atoms with Crippen molar-refractivity contribution in [2.45, 2.75) is 63.3 Å². The summed E-state index contributed by atoms with van der Waals surface area (Å²) in [5, 5.41) is 3.66. The van der Waals surface area contributed by atoms with Gasteiger partial charge in [0.1, 0.15) is 0 Å². The van der Waals surface area contributed by atoms with Crippen LogP contribution in [0, 0.1) is 5.92 Å². The molecular weight excluding hydrogens is 371 g/mol. The number of hydrogen-bond donors (Lipinski definition) is 1. The first kappa shape index (κ1) is 19.6. The predicted octanol–water partition coefficient (Wildman–Crippen LogP) is 2.92. The first-order chi connectivity index (χ1) is 13.4. The maximum absolute atomic E-state index is 13.0. The summed E-state index contributed by atoms with van der Waals surface area (Å²) < 4.78 is 44.3. The Labute approximate surface area is 162 Å². The molecule has 0 radical (unpaired) electrons. The molecule has 5 nitrogen and oxygen atoms in total. The van der Waals surface area contributed by atoms with Gasteiger partial charge in [-0.3, -0.25) is 9.78 Å². The third-order valence-corrected chi connectivity index (χ3v) is 6.15. The van der Waals surface area contributed by atoms with Gasteiger partial charge >= 0.3 is 6.18 Å². The average Bonchev–Trinajstić information content (AvgIpc) is 3.15. The van der Waals surface area contributed by atoms with Crippen LogP contribution in [0.3, 0.4) is 0 Å². The maximum atomic E-state index is 13.0. The maximum Gasteiger partial charge on any atom is 0.417 e. The second kappa shape index (κ2) is 7.99. The van der Waals surface area contributed by atoms with Crippen molar-refractivity contribution in [3.05, 3.63) is 29.1 Å². The summed E-state index contributed by atoms with van der Waals surface area (Å²) in [6.07, 6.45) is 1.61. The van der Waals surface area contributed by atoms with Crippen LogP contribution in [-0.2, 0) is 28.7 Å². The smallest absolute Gasteiger partial charge is 0.381 e. The Morgan fingerprint density at radius 3 is 2.71 bits per heavy atom. The molecule has 154 valence electrons. The molecule has 8 heteroatoms. The van der Waals surface area contributed by atoms with Crippen LogP contribution in [0.4, 0.5) is 13.2 Å². The number of fused-ring (bicyclic) bond motifs is 1. The van der Waals surface area contributed by atoms with E-state index < -0.39 is 11.7 Å². The summed E-state index contributed by atoms with van der Waals surface area (Å²) >= 11 is 0.